The normalized spacial score (nSPS) is 12.3. The van der Waals surface area contributed by atoms with Crippen LogP contribution in [0, 0.1) is 5.82 Å². The molecule has 0 aliphatic rings. The molecule has 0 spiro atoms. The average molecular weight is 311 g/mol. The Morgan fingerprint density at radius 2 is 2.19 bits per heavy atom. The standard InChI is InChI=1S/C17H23F2NS/c1-3-4-6-14(7-5-10-21-19)11-16-9-8-15(13-20-2)12-17(16)18/h5-9,12,20H,3-4,10-11,13H2,1-2H3/b7-5-,14-6+. The van der Waals surface area contributed by atoms with Crippen molar-refractivity contribution >= 4 is 12.1 Å². The van der Waals surface area contributed by atoms with E-state index < -0.39 is 0 Å². The summed E-state index contributed by atoms with van der Waals surface area (Å²) in [4.78, 5) is 0. The van der Waals surface area contributed by atoms with Crippen LogP contribution in [0.15, 0.2) is 42.0 Å². The van der Waals surface area contributed by atoms with Gasteiger partial charge < -0.3 is 5.32 Å². The largest absolute Gasteiger partial charge is 0.316 e. The van der Waals surface area contributed by atoms with Gasteiger partial charge in [0.2, 0.25) is 0 Å². The summed E-state index contributed by atoms with van der Waals surface area (Å²) < 4.78 is 26.2. The van der Waals surface area contributed by atoms with Gasteiger partial charge in [0, 0.05) is 24.4 Å². The summed E-state index contributed by atoms with van der Waals surface area (Å²) in [5.41, 5.74) is 2.64. The molecule has 0 bridgehead atoms. The first-order valence-electron chi connectivity index (χ1n) is 7.22. The van der Waals surface area contributed by atoms with Gasteiger partial charge >= 0.3 is 0 Å². The van der Waals surface area contributed by atoms with Crippen molar-refractivity contribution in [3.05, 3.63) is 58.9 Å². The summed E-state index contributed by atoms with van der Waals surface area (Å²) in [7, 11) is 1.84. The lowest BCUT2D eigenvalue weighted by Crippen LogP contribution is -2.06. The van der Waals surface area contributed by atoms with Crippen LogP contribution in [0.3, 0.4) is 0 Å². The first kappa shape index (κ1) is 17.9. The molecule has 116 valence electrons. The average Bonchev–Trinajstić information content (AvgIpc) is 2.47. The zero-order valence-corrected chi connectivity index (χ0v) is 13.5. The summed E-state index contributed by atoms with van der Waals surface area (Å²) in [6.45, 7) is 2.76. The molecule has 1 nitrogen and oxygen atoms in total. The Kier molecular flexibility index (Phi) is 9.02. The molecule has 0 aliphatic carbocycles. The van der Waals surface area contributed by atoms with Crippen molar-refractivity contribution in [1.82, 2.24) is 5.32 Å². The molecule has 21 heavy (non-hydrogen) atoms. The third-order valence-electron chi connectivity index (χ3n) is 3.08. The van der Waals surface area contributed by atoms with E-state index in [1.54, 1.807) is 12.1 Å². The topological polar surface area (TPSA) is 12.0 Å². The van der Waals surface area contributed by atoms with E-state index in [1.165, 1.54) is 0 Å². The minimum atomic E-state index is -0.182. The maximum Gasteiger partial charge on any atom is 0.127 e. The van der Waals surface area contributed by atoms with E-state index in [-0.39, 0.29) is 18.0 Å². The highest BCUT2D eigenvalue weighted by Crippen LogP contribution is 2.17. The van der Waals surface area contributed by atoms with E-state index in [2.05, 4.69) is 18.3 Å². The van der Waals surface area contributed by atoms with Gasteiger partial charge in [0.25, 0.3) is 0 Å². The SMILES string of the molecule is CCC/C=C(\C=C/CSF)Cc1ccc(CNC)cc1F. The number of allylic oxidation sites excluding steroid dienone is 3. The molecule has 1 N–H and O–H groups in total. The van der Waals surface area contributed by atoms with E-state index in [0.717, 1.165) is 24.0 Å². The molecule has 0 radical (unpaired) electrons. The van der Waals surface area contributed by atoms with E-state index in [9.17, 15) is 8.28 Å². The Morgan fingerprint density at radius 1 is 1.38 bits per heavy atom. The molecule has 0 aromatic heterocycles. The zero-order valence-electron chi connectivity index (χ0n) is 12.7. The van der Waals surface area contributed by atoms with Crippen molar-refractivity contribution in [2.45, 2.75) is 32.7 Å². The van der Waals surface area contributed by atoms with Crippen LogP contribution in [0.25, 0.3) is 0 Å². The first-order chi connectivity index (χ1) is 10.2. The number of hydrogen-bond donors (Lipinski definition) is 1. The van der Waals surface area contributed by atoms with Gasteiger partial charge in [-0.25, -0.2) is 4.39 Å². The van der Waals surface area contributed by atoms with Gasteiger partial charge in [0.05, 0.1) is 0 Å². The van der Waals surface area contributed by atoms with Crippen molar-refractivity contribution in [3.63, 3.8) is 0 Å². The van der Waals surface area contributed by atoms with Crippen LogP contribution in [0.1, 0.15) is 30.9 Å². The lowest BCUT2D eigenvalue weighted by molar-refractivity contribution is 0.610. The number of halogens is 2. The van der Waals surface area contributed by atoms with Gasteiger partial charge in [0.1, 0.15) is 5.82 Å². The van der Waals surface area contributed by atoms with E-state index in [4.69, 9.17) is 0 Å². The quantitative estimate of drug-likeness (QED) is 0.645. The summed E-state index contributed by atoms with van der Waals surface area (Å²) >= 11 is 0.289. The van der Waals surface area contributed by atoms with Crippen molar-refractivity contribution < 1.29 is 8.28 Å². The van der Waals surface area contributed by atoms with Gasteiger partial charge in [-0.05, 0) is 42.7 Å². The maximum absolute atomic E-state index is 14.1. The molecular weight excluding hydrogens is 288 g/mol. The monoisotopic (exact) mass is 311 g/mol. The Labute approximate surface area is 130 Å². The smallest absolute Gasteiger partial charge is 0.127 e. The molecule has 1 rings (SSSR count). The van der Waals surface area contributed by atoms with E-state index >= 15 is 0 Å². The fourth-order valence-corrected chi connectivity index (χ4v) is 2.20. The summed E-state index contributed by atoms with van der Waals surface area (Å²) in [5.74, 6) is 0.144. The highest BCUT2D eigenvalue weighted by atomic mass is 32.2. The molecule has 1 aromatic rings. The Bertz CT molecular complexity index is 484. The summed E-state index contributed by atoms with van der Waals surface area (Å²) in [5, 5.41) is 3.01. The summed E-state index contributed by atoms with van der Waals surface area (Å²) in [6, 6.07) is 5.34. The molecule has 0 amide bonds. The van der Waals surface area contributed by atoms with Crippen molar-refractivity contribution in [2.24, 2.45) is 0 Å². The second kappa shape index (κ2) is 10.6. The second-order valence-electron chi connectivity index (χ2n) is 4.88. The van der Waals surface area contributed by atoms with Crippen LogP contribution in [0.5, 0.6) is 0 Å². The number of rotatable bonds is 9. The molecular formula is C17H23F2NS. The van der Waals surface area contributed by atoms with Gasteiger partial charge in [-0.2, -0.15) is 3.89 Å². The Balaban J connectivity index is 2.82. The predicted molar refractivity (Wildman–Crippen MR) is 88.6 cm³/mol. The van der Waals surface area contributed by atoms with Gasteiger partial charge in [-0.1, -0.05) is 43.7 Å². The lowest BCUT2D eigenvalue weighted by atomic mass is 10.0. The van der Waals surface area contributed by atoms with E-state index in [0.29, 0.717) is 24.3 Å². The zero-order chi connectivity index (χ0) is 15.5. The van der Waals surface area contributed by atoms with Gasteiger partial charge in [-0.15, -0.1) is 0 Å². The molecule has 0 heterocycles. The molecule has 0 unspecified atom stereocenters. The van der Waals surface area contributed by atoms with Crippen LogP contribution in [0.2, 0.25) is 0 Å². The molecule has 1 aromatic carbocycles. The maximum atomic E-state index is 14.1. The molecule has 0 aliphatic heterocycles. The minimum Gasteiger partial charge on any atom is -0.316 e. The van der Waals surface area contributed by atoms with Crippen molar-refractivity contribution in [1.29, 1.82) is 0 Å². The van der Waals surface area contributed by atoms with Crippen molar-refractivity contribution in [2.75, 3.05) is 12.8 Å². The van der Waals surface area contributed by atoms with Crippen LogP contribution in [-0.4, -0.2) is 12.8 Å². The Morgan fingerprint density at radius 3 is 2.81 bits per heavy atom. The number of unbranched alkanes of at least 4 members (excludes halogenated alkanes) is 1. The molecule has 0 atom stereocenters. The Hall–Kier alpha value is -1.13. The summed E-state index contributed by atoms with van der Waals surface area (Å²) in [6.07, 6.45) is 8.29. The molecule has 0 saturated heterocycles. The van der Waals surface area contributed by atoms with Crippen LogP contribution in [-0.2, 0) is 13.0 Å². The highest BCUT2D eigenvalue weighted by Gasteiger charge is 2.05. The third-order valence-corrected chi connectivity index (χ3v) is 3.40. The van der Waals surface area contributed by atoms with Crippen LogP contribution >= 0.6 is 12.1 Å². The minimum absolute atomic E-state index is 0.182. The van der Waals surface area contributed by atoms with Gasteiger partial charge in [-0.3, -0.25) is 0 Å². The van der Waals surface area contributed by atoms with E-state index in [1.807, 2.05) is 25.3 Å². The van der Waals surface area contributed by atoms with Crippen molar-refractivity contribution in [3.8, 4) is 0 Å². The fraction of sp³-hybridized carbons (Fsp3) is 0.412. The number of hydrogen-bond acceptors (Lipinski definition) is 2. The van der Waals surface area contributed by atoms with Crippen LogP contribution < -0.4 is 5.32 Å². The predicted octanol–water partition coefficient (Wildman–Crippen LogP) is 4.99. The molecule has 4 heteroatoms. The fourth-order valence-electron chi connectivity index (χ4n) is 2.03. The number of benzene rings is 1. The second-order valence-corrected chi connectivity index (χ2v) is 5.43. The first-order valence-corrected chi connectivity index (χ1v) is 8.10. The highest BCUT2D eigenvalue weighted by molar-refractivity contribution is 7.94. The van der Waals surface area contributed by atoms with Gasteiger partial charge in [0.15, 0.2) is 0 Å². The third kappa shape index (κ3) is 6.91. The molecule has 0 saturated carbocycles. The lowest BCUT2D eigenvalue weighted by Gasteiger charge is -2.07. The number of nitrogens with one attached hydrogen (secondary N) is 1. The molecule has 0 fully saturated rings. The van der Waals surface area contributed by atoms with Crippen LogP contribution in [0.4, 0.5) is 8.28 Å².